The van der Waals surface area contributed by atoms with Gasteiger partial charge in [-0.25, -0.2) is 13.2 Å². The van der Waals surface area contributed by atoms with Crippen molar-refractivity contribution < 1.29 is 27.9 Å². The topological polar surface area (TPSA) is 104 Å². The SMILES string of the molecule is CCS(=O)(=O)N(C)CC(=O)N1CCOC(C(=O)O)C1. The Bertz CT molecular complexity index is 449. The van der Waals surface area contributed by atoms with Crippen LogP contribution in [0, 0.1) is 0 Å². The van der Waals surface area contributed by atoms with E-state index in [1.165, 1.54) is 18.9 Å². The van der Waals surface area contributed by atoms with Crippen LogP contribution in [0.1, 0.15) is 6.92 Å². The van der Waals surface area contributed by atoms with Crippen LogP contribution in [0.25, 0.3) is 0 Å². The van der Waals surface area contributed by atoms with E-state index in [-0.39, 0.29) is 32.0 Å². The molecule has 1 rings (SSSR count). The van der Waals surface area contributed by atoms with Gasteiger partial charge in [0.1, 0.15) is 0 Å². The normalized spacial score (nSPS) is 20.6. The van der Waals surface area contributed by atoms with E-state index in [1.54, 1.807) is 0 Å². The van der Waals surface area contributed by atoms with Crippen molar-refractivity contribution >= 4 is 21.9 Å². The van der Waals surface area contributed by atoms with E-state index in [4.69, 9.17) is 9.84 Å². The fourth-order valence-electron chi connectivity index (χ4n) is 1.63. The summed E-state index contributed by atoms with van der Waals surface area (Å²) in [7, 11) is -2.10. The molecule has 0 aromatic heterocycles. The van der Waals surface area contributed by atoms with Crippen molar-refractivity contribution in [2.45, 2.75) is 13.0 Å². The third kappa shape index (κ3) is 4.15. The van der Waals surface area contributed by atoms with Crippen LogP contribution in [0.15, 0.2) is 0 Å². The number of morpholine rings is 1. The van der Waals surface area contributed by atoms with E-state index in [2.05, 4.69) is 0 Å². The highest BCUT2D eigenvalue weighted by molar-refractivity contribution is 7.89. The van der Waals surface area contributed by atoms with Gasteiger partial charge >= 0.3 is 5.97 Å². The van der Waals surface area contributed by atoms with Gasteiger partial charge in [-0.05, 0) is 6.92 Å². The monoisotopic (exact) mass is 294 g/mol. The zero-order valence-electron chi connectivity index (χ0n) is 10.9. The molecule has 8 nitrogen and oxygen atoms in total. The standard InChI is InChI=1S/C10H18N2O6S/c1-3-19(16,17)11(2)7-9(13)12-4-5-18-8(6-12)10(14)15/h8H,3-7H2,1-2H3,(H,14,15). The van der Waals surface area contributed by atoms with E-state index in [0.717, 1.165) is 4.31 Å². The smallest absolute Gasteiger partial charge is 0.334 e. The average molecular weight is 294 g/mol. The fourth-order valence-corrected chi connectivity index (χ4v) is 2.38. The number of hydrogen-bond donors (Lipinski definition) is 1. The van der Waals surface area contributed by atoms with E-state index in [9.17, 15) is 18.0 Å². The first-order chi connectivity index (χ1) is 8.77. The van der Waals surface area contributed by atoms with E-state index >= 15 is 0 Å². The average Bonchev–Trinajstić information content (AvgIpc) is 2.38. The predicted molar refractivity (Wildman–Crippen MR) is 66.0 cm³/mol. The first kappa shape index (κ1) is 15.9. The molecule has 1 atom stereocenters. The molecule has 19 heavy (non-hydrogen) atoms. The lowest BCUT2D eigenvalue weighted by atomic mass is 10.2. The van der Waals surface area contributed by atoms with Gasteiger partial charge in [-0.15, -0.1) is 0 Å². The number of likely N-dealkylation sites (N-methyl/N-ethyl adjacent to an activating group) is 1. The molecule has 1 heterocycles. The van der Waals surface area contributed by atoms with Crippen LogP contribution in [0.2, 0.25) is 0 Å². The molecule has 110 valence electrons. The Morgan fingerprint density at radius 3 is 2.63 bits per heavy atom. The molecule has 0 aromatic carbocycles. The number of nitrogens with zero attached hydrogens (tertiary/aromatic N) is 2. The zero-order valence-corrected chi connectivity index (χ0v) is 11.7. The number of carboxylic acid groups (broad SMARTS) is 1. The third-order valence-electron chi connectivity index (χ3n) is 2.89. The van der Waals surface area contributed by atoms with Crippen molar-refractivity contribution in [3.63, 3.8) is 0 Å². The summed E-state index contributed by atoms with van der Waals surface area (Å²) in [5.74, 6) is -1.64. The van der Waals surface area contributed by atoms with Crippen LogP contribution >= 0.6 is 0 Å². The minimum absolute atomic E-state index is 0.0613. The highest BCUT2D eigenvalue weighted by Gasteiger charge is 2.30. The maximum Gasteiger partial charge on any atom is 0.334 e. The Kier molecular flexibility index (Phi) is 5.27. The van der Waals surface area contributed by atoms with Crippen molar-refractivity contribution in [3.8, 4) is 0 Å². The second-order valence-electron chi connectivity index (χ2n) is 4.19. The Morgan fingerprint density at radius 2 is 2.11 bits per heavy atom. The van der Waals surface area contributed by atoms with Gasteiger partial charge in [-0.1, -0.05) is 0 Å². The van der Waals surface area contributed by atoms with Gasteiger partial charge in [-0.3, -0.25) is 4.79 Å². The number of rotatable bonds is 5. The summed E-state index contributed by atoms with van der Waals surface area (Å²) in [6.45, 7) is 1.54. The molecule has 0 radical (unpaired) electrons. The number of amides is 1. The van der Waals surface area contributed by atoms with Gasteiger partial charge in [0.2, 0.25) is 15.9 Å². The molecule has 1 fully saturated rings. The molecule has 0 aromatic rings. The van der Waals surface area contributed by atoms with Crippen LogP contribution < -0.4 is 0 Å². The molecule has 1 saturated heterocycles. The molecule has 1 unspecified atom stereocenters. The summed E-state index contributed by atoms with van der Waals surface area (Å²) >= 11 is 0. The number of ether oxygens (including phenoxy) is 1. The first-order valence-electron chi connectivity index (χ1n) is 5.84. The Morgan fingerprint density at radius 1 is 1.47 bits per heavy atom. The predicted octanol–water partition coefficient (Wildman–Crippen LogP) is -1.42. The molecule has 9 heteroatoms. The van der Waals surface area contributed by atoms with Gasteiger partial charge < -0.3 is 14.7 Å². The number of carbonyl (C=O) groups excluding carboxylic acids is 1. The molecule has 1 aliphatic heterocycles. The van der Waals surface area contributed by atoms with Gasteiger partial charge in [0.05, 0.1) is 25.4 Å². The Balaban J connectivity index is 2.61. The molecule has 0 spiro atoms. The van der Waals surface area contributed by atoms with E-state index in [0.29, 0.717) is 0 Å². The van der Waals surface area contributed by atoms with E-state index < -0.39 is 28.0 Å². The summed E-state index contributed by atoms with van der Waals surface area (Å²) in [4.78, 5) is 24.0. The van der Waals surface area contributed by atoms with Crippen molar-refractivity contribution in [3.05, 3.63) is 0 Å². The maximum atomic E-state index is 11.9. The molecule has 1 aliphatic rings. The van der Waals surface area contributed by atoms with Crippen LogP contribution in [0.3, 0.4) is 0 Å². The maximum absolute atomic E-state index is 11.9. The second kappa shape index (κ2) is 6.31. The molecule has 1 N–H and O–H groups in total. The highest BCUT2D eigenvalue weighted by Crippen LogP contribution is 2.07. The lowest BCUT2D eigenvalue weighted by Gasteiger charge is -2.31. The van der Waals surface area contributed by atoms with Gasteiger partial charge in [-0.2, -0.15) is 4.31 Å². The number of sulfonamides is 1. The Hall–Kier alpha value is -1.19. The third-order valence-corrected chi connectivity index (χ3v) is 4.70. The first-order valence-corrected chi connectivity index (χ1v) is 7.45. The summed E-state index contributed by atoms with van der Waals surface area (Å²) in [5, 5.41) is 8.82. The van der Waals surface area contributed by atoms with Crippen LogP contribution in [0.5, 0.6) is 0 Å². The van der Waals surface area contributed by atoms with Gasteiger partial charge in [0.15, 0.2) is 6.10 Å². The zero-order chi connectivity index (χ0) is 14.6. The number of carbonyl (C=O) groups is 2. The van der Waals surface area contributed by atoms with Crippen molar-refractivity contribution in [1.29, 1.82) is 0 Å². The number of carboxylic acids is 1. The number of aliphatic carboxylic acids is 1. The minimum atomic E-state index is -3.42. The quantitative estimate of drug-likeness (QED) is 0.667. The molecular weight excluding hydrogens is 276 g/mol. The molecule has 0 aliphatic carbocycles. The molecule has 1 amide bonds. The summed E-state index contributed by atoms with van der Waals surface area (Å²) in [5.41, 5.74) is 0. The molecule has 0 bridgehead atoms. The summed E-state index contributed by atoms with van der Waals surface area (Å²) < 4.78 is 29.0. The lowest BCUT2D eigenvalue weighted by molar-refractivity contribution is -0.159. The minimum Gasteiger partial charge on any atom is -0.479 e. The van der Waals surface area contributed by atoms with Gasteiger partial charge in [0, 0.05) is 13.6 Å². The van der Waals surface area contributed by atoms with Crippen molar-refractivity contribution in [2.24, 2.45) is 0 Å². The van der Waals surface area contributed by atoms with Crippen LogP contribution in [-0.2, 0) is 24.3 Å². The fraction of sp³-hybridized carbons (Fsp3) is 0.800. The van der Waals surface area contributed by atoms with Gasteiger partial charge in [0.25, 0.3) is 0 Å². The summed E-state index contributed by atoms with van der Waals surface area (Å²) in [6, 6.07) is 0. The highest BCUT2D eigenvalue weighted by atomic mass is 32.2. The number of hydrogen-bond acceptors (Lipinski definition) is 5. The van der Waals surface area contributed by atoms with Crippen molar-refractivity contribution in [2.75, 3.05) is 39.0 Å². The van der Waals surface area contributed by atoms with E-state index in [1.807, 2.05) is 0 Å². The molecule has 0 saturated carbocycles. The van der Waals surface area contributed by atoms with Crippen LogP contribution in [0.4, 0.5) is 0 Å². The van der Waals surface area contributed by atoms with Crippen LogP contribution in [-0.4, -0.2) is 79.8 Å². The lowest BCUT2D eigenvalue weighted by Crippen LogP contribution is -2.51. The van der Waals surface area contributed by atoms with Crippen molar-refractivity contribution in [1.82, 2.24) is 9.21 Å². The Labute approximate surface area is 112 Å². The second-order valence-corrected chi connectivity index (χ2v) is 6.56. The largest absolute Gasteiger partial charge is 0.479 e. The summed E-state index contributed by atoms with van der Waals surface area (Å²) in [6.07, 6.45) is -1.05. The molecular formula is C10H18N2O6S.